The molecule has 0 spiro atoms. The second-order valence-corrected chi connectivity index (χ2v) is 12.4. The first-order valence-electron chi connectivity index (χ1n) is 15.3. The van der Waals surface area contributed by atoms with Crippen molar-refractivity contribution >= 4 is 17.7 Å². The van der Waals surface area contributed by atoms with Crippen molar-refractivity contribution in [2.75, 3.05) is 33.3 Å². The fraction of sp³-hybridized carbons (Fsp3) is 0.613. The third-order valence-electron chi connectivity index (χ3n) is 8.94. The Morgan fingerprint density at radius 3 is 2.56 bits per heavy atom. The third kappa shape index (κ3) is 7.55. The number of nitrogens with zero attached hydrogens (tertiary/aromatic N) is 3. The quantitative estimate of drug-likeness (QED) is 0.426. The predicted molar refractivity (Wildman–Crippen MR) is 158 cm³/mol. The lowest BCUT2D eigenvalue weighted by atomic mass is 10.00. The molecule has 1 aromatic heterocycles. The smallest absolute Gasteiger partial charge is 0.493 e. The molecule has 246 valence electrons. The number of carbonyl (C=O) groups is 3. The number of carbonyl (C=O) groups excluding carboxylic acids is 3. The minimum atomic E-state index is -3.01. The van der Waals surface area contributed by atoms with E-state index in [1.807, 2.05) is 24.3 Å². The normalized spacial score (nSPS) is 24.7. The molecule has 0 radical (unpaired) electrons. The number of fused-ring (bicyclic) bond motifs is 2. The molecular weight excluding hydrogens is 592 g/mol. The van der Waals surface area contributed by atoms with Gasteiger partial charge >= 0.3 is 5.82 Å². The molecule has 5 atom stereocenters. The monoisotopic (exact) mass is 633 g/mol. The molecule has 0 saturated carbocycles. The Hall–Kier alpha value is -3.78. The molecule has 45 heavy (non-hydrogen) atoms. The highest BCUT2D eigenvalue weighted by Crippen LogP contribution is 2.34. The lowest BCUT2D eigenvalue weighted by molar-refractivity contribution is -0.146. The van der Waals surface area contributed by atoms with Gasteiger partial charge < -0.3 is 29.1 Å². The molecule has 2 aromatic rings. The molecule has 1 unspecified atom stereocenters. The largest absolute Gasteiger partial charge is 0.519 e. The zero-order valence-electron chi connectivity index (χ0n) is 26.0. The third-order valence-corrected chi connectivity index (χ3v) is 8.94. The second-order valence-electron chi connectivity index (χ2n) is 12.4. The van der Waals surface area contributed by atoms with Crippen LogP contribution in [-0.4, -0.2) is 95.8 Å². The first-order valence-corrected chi connectivity index (χ1v) is 15.3. The van der Waals surface area contributed by atoms with E-state index >= 15 is 0 Å². The topological polar surface area (TPSA) is 138 Å². The molecule has 14 heteroatoms. The van der Waals surface area contributed by atoms with Gasteiger partial charge in [-0.1, -0.05) is 18.2 Å². The summed E-state index contributed by atoms with van der Waals surface area (Å²) >= 11 is 0. The maximum atomic E-state index is 14.2. The average molecular weight is 634 g/mol. The lowest BCUT2D eigenvalue weighted by Gasteiger charge is -2.40. The number of rotatable bonds is 9. The van der Waals surface area contributed by atoms with Gasteiger partial charge in [0.1, 0.15) is 23.6 Å². The van der Waals surface area contributed by atoms with Crippen LogP contribution in [0.5, 0.6) is 5.75 Å². The summed E-state index contributed by atoms with van der Waals surface area (Å²) in [5.74, 6) is -3.87. The highest BCUT2D eigenvalue weighted by molar-refractivity contribution is 5.94. The summed E-state index contributed by atoms with van der Waals surface area (Å²) < 4.78 is 43.9. The first-order chi connectivity index (χ1) is 21.3. The Balaban J connectivity index is 1.33. The zero-order valence-corrected chi connectivity index (χ0v) is 26.0. The van der Waals surface area contributed by atoms with Crippen molar-refractivity contribution in [3.63, 3.8) is 0 Å². The van der Waals surface area contributed by atoms with Crippen LogP contribution in [0.15, 0.2) is 37.9 Å². The Morgan fingerprint density at radius 1 is 1.09 bits per heavy atom. The van der Waals surface area contributed by atoms with Crippen LogP contribution in [0.25, 0.3) is 0 Å². The van der Waals surface area contributed by atoms with Gasteiger partial charge in [0.15, 0.2) is 5.76 Å². The maximum absolute atomic E-state index is 14.2. The van der Waals surface area contributed by atoms with Crippen LogP contribution < -0.4 is 21.2 Å². The number of alkyl halides is 2. The van der Waals surface area contributed by atoms with Crippen LogP contribution in [0.2, 0.25) is 0 Å². The van der Waals surface area contributed by atoms with Gasteiger partial charge in [-0.3, -0.25) is 24.2 Å². The van der Waals surface area contributed by atoms with Crippen molar-refractivity contribution in [3.05, 3.63) is 52.0 Å². The molecule has 3 aliphatic rings. The van der Waals surface area contributed by atoms with Gasteiger partial charge in [0.2, 0.25) is 17.7 Å². The van der Waals surface area contributed by atoms with Gasteiger partial charge in [-0.15, -0.1) is 0 Å². The fourth-order valence-corrected chi connectivity index (χ4v) is 6.47. The zero-order chi connectivity index (χ0) is 32.5. The van der Waals surface area contributed by atoms with Crippen LogP contribution in [-0.2, 0) is 20.9 Å². The summed E-state index contributed by atoms with van der Waals surface area (Å²) in [5, 5.41) is 5.89. The van der Waals surface area contributed by atoms with Crippen molar-refractivity contribution in [2.45, 2.75) is 89.1 Å². The molecule has 0 bridgehead atoms. The van der Waals surface area contributed by atoms with Crippen LogP contribution in [0.1, 0.15) is 62.7 Å². The number of aryl methyl sites for hydroxylation is 1. The second kappa shape index (κ2) is 13.3. The fourth-order valence-electron chi connectivity index (χ4n) is 6.47. The number of likely N-dealkylation sites (N-methyl/N-ethyl adjacent to an activating group) is 1. The molecule has 3 aliphatic heterocycles. The van der Waals surface area contributed by atoms with Crippen molar-refractivity contribution in [3.8, 4) is 5.75 Å². The molecule has 5 rings (SSSR count). The van der Waals surface area contributed by atoms with E-state index < -0.39 is 48.2 Å². The number of ether oxygens (including phenoxy) is 1. The van der Waals surface area contributed by atoms with Gasteiger partial charge in [0.25, 0.3) is 5.92 Å². The van der Waals surface area contributed by atoms with Crippen LogP contribution in [0.4, 0.5) is 8.78 Å². The minimum Gasteiger partial charge on any atom is -0.493 e. The highest BCUT2D eigenvalue weighted by Gasteiger charge is 2.46. The summed E-state index contributed by atoms with van der Waals surface area (Å²) in [5.41, 5.74) is 0.870. The number of halogens is 2. The molecule has 12 nitrogen and oxygen atoms in total. The van der Waals surface area contributed by atoms with Gasteiger partial charge in [-0.05, 0) is 46.2 Å². The van der Waals surface area contributed by atoms with Gasteiger partial charge in [-0.25, -0.2) is 13.6 Å². The molecule has 4 heterocycles. The number of hydrogen-bond donors (Lipinski definition) is 2. The lowest BCUT2D eigenvalue weighted by Crippen LogP contribution is -2.62. The van der Waals surface area contributed by atoms with E-state index in [4.69, 9.17) is 13.6 Å². The summed E-state index contributed by atoms with van der Waals surface area (Å²) in [7, 11) is 1.64. The van der Waals surface area contributed by atoms with Crippen molar-refractivity contribution in [2.24, 2.45) is 0 Å². The molecule has 3 amide bonds. The molecule has 1 aromatic carbocycles. The van der Waals surface area contributed by atoms with Crippen molar-refractivity contribution < 1.29 is 36.7 Å². The summed E-state index contributed by atoms with van der Waals surface area (Å²) in [6.45, 7) is 4.13. The Bertz CT molecular complexity index is 1460. The van der Waals surface area contributed by atoms with Gasteiger partial charge in [-0.2, -0.15) is 0 Å². The summed E-state index contributed by atoms with van der Waals surface area (Å²) in [4.78, 5) is 57.5. The van der Waals surface area contributed by atoms with Crippen molar-refractivity contribution in [1.82, 2.24) is 25.3 Å². The van der Waals surface area contributed by atoms with E-state index in [1.54, 1.807) is 30.7 Å². The van der Waals surface area contributed by atoms with Crippen LogP contribution >= 0.6 is 0 Å². The molecule has 2 fully saturated rings. The molecule has 2 N–H and O–H groups in total. The number of nitrogens with one attached hydrogen (secondary N) is 2. The number of amides is 3. The first kappa shape index (κ1) is 32.6. The average Bonchev–Trinajstić information content (AvgIpc) is 3.54. The van der Waals surface area contributed by atoms with Gasteiger partial charge in [0.05, 0.1) is 31.8 Å². The molecular formula is C31H41F2N5O7. The molecule has 2 saturated heterocycles. The Kier molecular flexibility index (Phi) is 9.63. The Labute approximate surface area is 260 Å². The van der Waals surface area contributed by atoms with Crippen LogP contribution in [0, 0.1) is 6.92 Å². The van der Waals surface area contributed by atoms with Gasteiger partial charge in [0, 0.05) is 38.0 Å². The van der Waals surface area contributed by atoms with Crippen LogP contribution in [0.3, 0.4) is 0 Å². The van der Waals surface area contributed by atoms with E-state index in [-0.39, 0.29) is 43.4 Å². The Morgan fingerprint density at radius 2 is 1.84 bits per heavy atom. The summed E-state index contributed by atoms with van der Waals surface area (Å²) in [6, 6.07) is 4.18. The summed E-state index contributed by atoms with van der Waals surface area (Å²) in [6.07, 6.45) is 1.98. The SMILES string of the molecule is Cc1oc(=O)oc1CN(C)[C@@H](C)C(=O)N[C@H]1CN(CC(C)(F)F)CC[C@H]2CC[C@@H](C(=O)NC3CCOc4ccccc43)N2C1=O. The number of hydrogen-bond acceptors (Lipinski definition) is 9. The van der Waals surface area contributed by atoms with Crippen molar-refractivity contribution in [1.29, 1.82) is 0 Å². The standard InChI is InChI=1S/C31H41F2N5O7/c1-18(36(4)16-26-19(2)44-30(42)45-26)27(39)35-23-15-37(17-31(3,32)33)13-11-20-9-10-24(38(20)29(23)41)28(40)34-22-12-14-43-25-8-6-5-7-21(22)25/h5-8,18,20,22-24H,9-17H2,1-4H3,(H,34,40)(H,35,39)/t18-,20+,22?,23-,24-/m0/s1. The van der Waals surface area contributed by atoms with E-state index in [0.29, 0.717) is 43.8 Å². The number of para-hydroxylation sites is 1. The van der Waals surface area contributed by atoms with E-state index in [2.05, 4.69) is 10.6 Å². The highest BCUT2D eigenvalue weighted by atomic mass is 19.3. The maximum Gasteiger partial charge on any atom is 0.519 e. The minimum absolute atomic E-state index is 0.0880. The van der Waals surface area contributed by atoms with E-state index in [1.165, 1.54) is 4.90 Å². The molecule has 0 aliphatic carbocycles. The predicted octanol–water partition coefficient (Wildman–Crippen LogP) is 2.21. The number of benzene rings is 1. The van der Waals surface area contributed by atoms with E-state index in [0.717, 1.165) is 12.5 Å². The van der Waals surface area contributed by atoms with E-state index in [9.17, 15) is 28.0 Å².